The largest absolute Gasteiger partial charge is 0.273 e. The van der Waals surface area contributed by atoms with Crippen molar-refractivity contribution in [1.82, 2.24) is 5.43 Å². The highest BCUT2D eigenvalue weighted by Crippen LogP contribution is 2.24. The fraction of sp³-hybridized carbons (Fsp3) is 0.200. The molecule has 1 aliphatic heterocycles. The monoisotopic (exact) mass is 268 g/mol. The summed E-state index contributed by atoms with van der Waals surface area (Å²) in [6.45, 7) is 1.96. The lowest BCUT2D eigenvalue weighted by molar-refractivity contribution is -0.122. The minimum atomic E-state index is -0.267. The van der Waals surface area contributed by atoms with E-state index in [1.54, 1.807) is 12.1 Å². The number of anilines is 1. The van der Waals surface area contributed by atoms with E-state index in [-0.39, 0.29) is 18.2 Å². The molecule has 0 atom stereocenters. The molecule has 0 radical (unpaired) electrons. The zero-order valence-corrected chi connectivity index (χ0v) is 9.67. The molecule has 1 aliphatic rings. The second-order valence-corrected chi connectivity index (χ2v) is 4.23. The average molecular weight is 269 g/mol. The van der Waals surface area contributed by atoms with Gasteiger partial charge in [0.15, 0.2) is 0 Å². The molecule has 4 nitrogen and oxygen atoms in total. The number of nitrogens with zero attached hydrogens (tertiary/aromatic N) is 1. The second-order valence-electron chi connectivity index (χ2n) is 3.37. The molecule has 0 aliphatic carbocycles. The van der Waals surface area contributed by atoms with E-state index in [1.807, 2.05) is 13.0 Å². The highest BCUT2D eigenvalue weighted by atomic mass is 79.9. The summed E-state index contributed by atoms with van der Waals surface area (Å²) in [5, 5.41) is 1.27. The number of aryl methyl sites for hydroxylation is 1. The maximum Gasteiger partial charge on any atom is 0.255 e. The number of nitrogens with one attached hydrogen (secondary N) is 1. The van der Waals surface area contributed by atoms with Gasteiger partial charge in [-0.2, -0.15) is 0 Å². The van der Waals surface area contributed by atoms with Crippen LogP contribution in [0.1, 0.15) is 12.0 Å². The van der Waals surface area contributed by atoms with E-state index in [4.69, 9.17) is 0 Å². The minimum Gasteiger partial charge on any atom is -0.273 e. The van der Waals surface area contributed by atoms with Crippen LogP contribution in [0.2, 0.25) is 0 Å². The third-order valence-electron chi connectivity index (χ3n) is 2.21. The quantitative estimate of drug-likeness (QED) is 0.786. The zero-order valence-electron chi connectivity index (χ0n) is 8.08. The van der Waals surface area contributed by atoms with Crippen LogP contribution in [0.15, 0.2) is 22.7 Å². The lowest BCUT2D eigenvalue weighted by atomic mass is 10.2. The number of hydrazine groups is 1. The number of benzene rings is 1. The van der Waals surface area contributed by atoms with E-state index in [0.717, 1.165) is 10.0 Å². The Hall–Kier alpha value is -1.36. The maximum atomic E-state index is 11.4. The first-order valence-electron chi connectivity index (χ1n) is 4.46. The molecule has 5 heteroatoms. The molecule has 0 aromatic heterocycles. The van der Waals surface area contributed by atoms with Gasteiger partial charge in [0, 0.05) is 4.47 Å². The van der Waals surface area contributed by atoms with E-state index in [9.17, 15) is 9.59 Å². The molecular formula is C10H9BrN2O2. The summed E-state index contributed by atoms with van der Waals surface area (Å²) in [5.41, 5.74) is 4.24. The fourth-order valence-electron chi connectivity index (χ4n) is 1.37. The molecule has 0 bridgehead atoms. The summed E-state index contributed by atoms with van der Waals surface area (Å²) in [7, 11) is 0. The fourth-order valence-corrected chi connectivity index (χ4v) is 1.74. The lowest BCUT2D eigenvalue weighted by Crippen LogP contribution is -2.35. The summed E-state index contributed by atoms with van der Waals surface area (Å²) < 4.78 is 0.911. The van der Waals surface area contributed by atoms with Gasteiger partial charge in [-0.1, -0.05) is 22.0 Å². The van der Waals surface area contributed by atoms with E-state index in [0.29, 0.717) is 5.69 Å². The Morgan fingerprint density at radius 1 is 1.40 bits per heavy atom. The molecule has 2 rings (SSSR count). The Balaban J connectivity index is 2.34. The number of rotatable bonds is 1. The van der Waals surface area contributed by atoms with Crippen LogP contribution < -0.4 is 10.4 Å². The standard InChI is InChI=1S/C10H9BrN2O2/c1-6-2-3-7(4-8(6)11)13-10(15)5-9(14)12-13/h2-4H,5H2,1H3,(H,12,14). The van der Waals surface area contributed by atoms with Crippen molar-refractivity contribution in [1.29, 1.82) is 0 Å². The third-order valence-corrected chi connectivity index (χ3v) is 3.07. The van der Waals surface area contributed by atoms with Crippen LogP contribution in [0.3, 0.4) is 0 Å². The van der Waals surface area contributed by atoms with Gasteiger partial charge < -0.3 is 0 Å². The summed E-state index contributed by atoms with van der Waals surface area (Å²) >= 11 is 3.38. The van der Waals surface area contributed by atoms with Crippen LogP contribution in [0.5, 0.6) is 0 Å². The van der Waals surface area contributed by atoms with Gasteiger partial charge in [0.2, 0.25) is 5.91 Å². The molecule has 1 fully saturated rings. The van der Waals surface area contributed by atoms with E-state index in [2.05, 4.69) is 21.4 Å². The Bertz CT molecular complexity index is 445. The van der Waals surface area contributed by atoms with Crippen molar-refractivity contribution in [2.75, 3.05) is 5.01 Å². The van der Waals surface area contributed by atoms with Gasteiger partial charge in [-0.3, -0.25) is 15.0 Å². The van der Waals surface area contributed by atoms with Crippen LogP contribution in [-0.2, 0) is 9.59 Å². The van der Waals surface area contributed by atoms with E-state index < -0.39 is 0 Å². The summed E-state index contributed by atoms with van der Waals surface area (Å²) in [4.78, 5) is 22.4. The number of hydrogen-bond donors (Lipinski definition) is 1. The summed E-state index contributed by atoms with van der Waals surface area (Å²) in [6, 6.07) is 5.49. The SMILES string of the molecule is Cc1ccc(N2NC(=O)CC2=O)cc1Br. The Morgan fingerprint density at radius 3 is 2.67 bits per heavy atom. The van der Waals surface area contributed by atoms with Gasteiger partial charge in [0.05, 0.1) is 5.69 Å². The number of hydrogen-bond acceptors (Lipinski definition) is 2. The van der Waals surface area contributed by atoms with Crippen molar-refractivity contribution in [3.05, 3.63) is 28.2 Å². The molecule has 2 amide bonds. The molecule has 15 heavy (non-hydrogen) atoms. The highest BCUT2D eigenvalue weighted by Gasteiger charge is 2.28. The molecule has 0 saturated carbocycles. The van der Waals surface area contributed by atoms with Crippen molar-refractivity contribution in [2.24, 2.45) is 0 Å². The molecule has 1 heterocycles. The molecule has 1 aromatic carbocycles. The molecule has 0 unspecified atom stereocenters. The first-order valence-corrected chi connectivity index (χ1v) is 5.26. The first kappa shape index (κ1) is 10.2. The number of amides is 2. The van der Waals surface area contributed by atoms with Crippen molar-refractivity contribution in [3.63, 3.8) is 0 Å². The van der Waals surface area contributed by atoms with Crippen molar-refractivity contribution in [3.8, 4) is 0 Å². The van der Waals surface area contributed by atoms with E-state index in [1.165, 1.54) is 5.01 Å². The minimum absolute atomic E-state index is 0.0779. The zero-order chi connectivity index (χ0) is 11.0. The Labute approximate surface area is 95.4 Å². The molecule has 78 valence electrons. The van der Waals surface area contributed by atoms with Gasteiger partial charge in [-0.15, -0.1) is 0 Å². The molecular weight excluding hydrogens is 260 g/mol. The normalized spacial score (nSPS) is 15.7. The van der Waals surface area contributed by atoms with Gasteiger partial charge >= 0.3 is 0 Å². The number of halogens is 1. The van der Waals surface area contributed by atoms with Gasteiger partial charge in [-0.25, -0.2) is 5.01 Å². The number of carbonyl (C=O) groups excluding carboxylic acids is 2. The summed E-state index contributed by atoms with van der Waals surface area (Å²) in [6.07, 6.45) is -0.0779. The van der Waals surface area contributed by atoms with Gasteiger partial charge in [0.1, 0.15) is 6.42 Å². The maximum absolute atomic E-state index is 11.4. The first-order chi connectivity index (χ1) is 7.08. The lowest BCUT2D eigenvalue weighted by Gasteiger charge is -2.15. The smallest absolute Gasteiger partial charge is 0.255 e. The van der Waals surface area contributed by atoms with Crippen LogP contribution in [0, 0.1) is 6.92 Å². The van der Waals surface area contributed by atoms with Crippen molar-refractivity contribution in [2.45, 2.75) is 13.3 Å². The van der Waals surface area contributed by atoms with Crippen LogP contribution in [0.4, 0.5) is 5.69 Å². The third kappa shape index (κ3) is 1.87. The average Bonchev–Trinajstić information content (AvgIpc) is 2.50. The second kappa shape index (κ2) is 3.66. The highest BCUT2D eigenvalue weighted by molar-refractivity contribution is 9.10. The Morgan fingerprint density at radius 2 is 2.13 bits per heavy atom. The van der Waals surface area contributed by atoms with Crippen molar-refractivity contribution >= 4 is 33.4 Å². The predicted molar refractivity (Wildman–Crippen MR) is 59.1 cm³/mol. The molecule has 1 saturated heterocycles. The van der Waals surface area contributed by atoms with Gasteiger partial charge in [0.25, 0.3) is 5.91 Å². The Kier molecular flexibility index (Phi) is 2.48. The van der Waals surface area contributed by atoms with Crippen molar-refractivity contribution < 1.29 is 9.59 Å². The van der Waals surface area contributed by atoms with E-state index >= 15 is 0 Å². The molecule has 1 N–H and O–H groups in total. The van der Waals surface area contributed by atoms with Gasteiger partial charge in [-0.05, 0) is 24.6 Å². The van der Waals surface area contributed by atoms with Crippen LogP contribution in [0.25, 0.3) is 0 Å². The number of carbonyl (C=O) groups is 2. The van der Waals surface area contributed by atoms with Crippen LogP contribution in [-0.4, -0.2) is 11.8 Å². The molecule has 1 aromatic rings. The molecule has 0 spiro atoms. The topological polar surface area (TPSA) is 49.4 Å². The predicted octanol–water partition coefficient (Wildman–Crippen LogP) is 1.53. The van der Waals surface area contributed by atoms with Crippen LogP contribution >= 0.6 is 15.9 Å². The summed E-state index contributed by atoms with van der Waals surface area (Å²) in [5.74, 6) is -0.493.